The van der Waals surface area contributed by atoms with Crippen LogP contribution in [0.5, 0.6) is 0 Å². The smallest absolute Gasteiger partial charge is 0.0615 e. The lowest BCUT2D eigenvalue weighted by Crippen LogP contribution is -2.43. The number of hydrogen-bond donors (Lipinski definition) is 2. The van der Waals surface area contributed by atoms with Crippen molar-refractivity contribution in [2.24, 2.45) is 5.92 Å². The molecule has 0 aromatic heterocycles. The molecule has 0 rings (SSSR count). The lowest BCUT2D eigenvalue weighted by atomic mass is 10.0. The number of ether oxygens (including phenoxy) is 1. The van der Waals surface area contributed by atoms with E-state index in [1.165, 1.54) is 12.8 Å². The molecule has 2 N–H and O–H groups in total. The number of nitrogens with one attached hydrogen (secondary N) is 1. The maximum atomic E-state index is 9.31. The second kappa shape index (κ2) is 10.1. The monoisotopic (exact) mass is 231 g/mol. The normalized spacial score (nSPS) is 15.4. The maximum absolute atomic E-state index is 9.31. The van der Waals surface area contributed by atoms with E-state index in [9.17, 15) is 5.11 Å². The van der Waals surface area contributed by atoms with Crippen molar-refractivity contribution < 1.29 is 9.84 Å². The fourth-order valence-electron chi connectivity index (χ4n) is 1.96. The van der Waals surface area contributed by atoms with Gasteiger partial charge in [-0.15, -0.1) is 0 Å². The predicted molar refractivity (Wildman–Crippen MR) is 68.7 cm³/mol. The van der Waals surface area contributed by atoms with Gasteiger partial charge in [0.2, 0.25) is 0 Å². The number of methoxy groups -OCH3 is 1. The van der Waals surface area contributed by atoms with Gasteiger partial charge in [0.15, 0.2) is 0 Å². The Bertz CT molecular complexity index is 151. The molecule has 0 aliphatic carbocycles. The zero-order valence-corrected chi connectivity index (χ0v) is 11.3. The average Bonchev–Trinajstić information content (AvgIpc) is 2.24. The molecule has 98 valence electrons. The molecular formula is C13H29NO2. The lowest BCUT2D eigenvalue weighted by molar-refractivity contribution is 0.138. The standard InChI is InChI=1S/C13H29NO2/c1-5-6-7-12(10-16-4)14-13(9-15)8-11(2)3/h11-15H,5-10H2,1-4H3. The molecule has 0 aromatic rings. The molecule has 0 heterocycles. The minimum absolute atomic E-state index is 0.206. The molecule has 0 aliphatic rings. The van der Waals surface area contributed by atoms with Crippen molar-refractivity contribution >= 4 is 0 Å². The molecule has 16 heavy (non-hydrogen) atoms. The molecule has 2 atom stereocenters. The first kappa shape index (κ1) is 15.9. The van der Waals surface area contributed by atoms with Crippen LogP contribution in [-0.2, 0) is 4.74 Å². The number of hydrogen-bond acceptors (Lipinski definition) is 3. The van der Waals surface area contributed by atoms with Crippen LogP contribution in [0, 0.1) is 5.92 Å². The molecular weight excluding hydrogens is 202 g/mol. The Morgan fingerprint density at radius 2 is 1.94 bits per heavy atom. The van der Waals surface area contributed by atoms with Crippen LogP contribution in [0.3, 0.4) is 0 Å². The van der Waals surface area contributed by atoms with Gasteiger partial charge in [0.05, 0.1) is 13.2 Å². The Morgan fingerprint density at radius 3 is 2.38 bits per heavy atom. The van der Waals surface area contributed by atoms with Gasteiger partial charge in [-0.2, -0.15) is 0 Å². The highest BCUT2D eigenvalue weighted by Crippen LogP contribution is 2.08. The van der Waals surface area contributed by atoms with E-state index in [-0.39, 0.29) is 12.6 Å². The summed E-state index contributed by atoms with van der Waals surface area (Å²) in [5.74, 6) is 0.610. The SMILES string of the molecule is CCCCC(COC)NC(CO)CC(C)C. The highest BCUT2D eigenvalue weighted by atomic mass is 16.5. The van der Waals surface area contributed by atoms with Crippen molar-refractivity contribution in [3.8, 4) is 0 Å². The minimum atomic E-state index is 0.206. The van der Waals surface area contributed by atoms with E-state index in [2.05, 4.69) is 26.1 Å². The molecule has 0 bridgehead atoms. The van der Waals surface area contributed by atoms with Crippen LogP contribution < -0.4 is 5.32 Å². The van der Waals surface area contributed by atoms with Gasteiger partial charge in [-0.25, -0.2) is 0 Å². The van der Waals surface area contributed by atoms with Crippen molar-refractivity contribution in [2.45, 2.75) is 58.5 Å². The van der Waals surface area contributed by atoms with Gasteiger partial charge in [0.1, 0.15) is 0 Å². The Hall–Kier alpha value is -0.120. The van der Waals surface area contributed by atoms with Crippen molar-refractivity contribution in [3.05, 3.63) is 0 Å². The first-order chi connectivity index (χ1) is 7.63. The zero-order valence-electron chi connectivity index (χ0n) is 11.3. The van der Waals surface area contributed by atoms with Crippen molar-refractivity contribution in [3.63, 3.8) is 0 Å². The Morgan fingerprint density at radius 1 is 1.25 bits per heavy atom. The highest BCUT2D eigenvalue weighted by Gasteiger charge is 2.15. The summed E-state index contributed by atoms with van der Waals surface area (Å²) >= 11 is 0. The highest BCUT2D eigenvalue weighted by molar-refractivity contribution is 4.74. The van der Waals surface area contributed by atoms with Gasteiger partial charge in [0.25, 0.3) is 0 Å². The summed E-state index contributed by atoms with van der Waals surface area (Å²) in [5, 5.41) is 12.8. The van der Waals surface area contributed by atoms with Crippen LogP contribution >= 0.6 is 0 Å². The van der Waals surface area contributed by atoms with Crippen LogP contribution in [0.4, 0.5) is 0 Å². The molecule has 0 amide bonds. The molecule has 0 fully saturated rings. The van der Waals surface area contributed by atoms with E-state index in [0.717, 1.165) is 19.4 Å². The molecule has 0 saturated heterocycles. The van der Waals surface area contributed by atoms with Gasteiger partial charge in [-0.1, -0.05) is 33.6 Å². The Balaban J connectivity index is 4.00. The zero-order chi connectivity index (χ0) is 12.4. The third kappa shape index (κ3) is 8.08. The number of rotatable bonds is 10. The Labute approximate surface area is 101 Å². The molecule has 2 unspecified atom stereocenters. The predicted octanol–water partition coefficient (Wildman–Crippen LogP) is 2.19. The summed E-state index contributed by atoms with van der Waals surface area (Å²) in [7, 11) is 1.73. The summed E-state index contributed by atoms with van der Waals surface area (Å²) in [6.07, 6.45) is 4.55. The van der Waals surface area contributed by atoms with E-state index in [1.807, 2.05) is 0 Å². The maximum Gasteiger partial charge on any atom is 0.0615 e. The molecule has 0 aromatic carbocycles. The van der Waals surface area contributed by atoms with Crippen molar-refractivity contribution in [1.82, 2.24) is 5.32 Å². The van der Waals surface area contributed by atoms with Crippen molar-refractivity contribution in [1.29, 1.82) is 0 Å². The average molecular weight is 231 g/mol. The van der Waals surface area contributed by atoms with Crippen molar-refractivity contribution in [2.75, 3.05) is 20.3 Å². The summed E-state index contributed by atoms with van der Waals surface area (Å²) in [6, 6.07) is 0.581. The van der Waals surface area contributed by atoms with E-state index in [1.54, 1.807) is 7.11 Å². The summed E-state index contributed by atoms with van der Waals surface area (Å²) in [6.45, 7) is 7.50. The second-order valence-corrected chi connectivity index (χ2v) is 4.97. The third-order valence-corrected chi connectivity index (χ3v) is 2.72. The molecule has 3 heteroatoms. The molecule has 0 radical (unpaired) electrons. The van der Waals surface area contributed by atoms with Gasteiger partial charge in [0, 0.05) is 19.2 Å². The minimum Gasteiger partial charge on any atom is -0.395 e. The quantitative estimate of drug-likeness (QED) is 0.605. The Kier molecular flexibility index (Phi) is 9.99. The van der Waals surface area contributed by atoms with Crippen LogP contribution in [0.15, 0.2) is 0 Å². The largest absolute Gasteiger partial charge is 0.395 e. The van der Waals surface area contributed by atoms with Gasteiger partial charge in [-0.3, -0.25) is 0 Å². The van der Waals surface area contributed by atoms with Crippen LogP contribution in [0.25, 0.3) is 0 Å². The van der Waals surface area contributed by atoms with Gasteiger partial charge in [-0.05, 0) is 18.8 Å². The molecule has 0 spiro atoms. The van der Waals surface area contributed by atoms with Gasteiger partial charge >= 0.3 is 0 Å². The van der Waals surface area contributed by atoms with E-state index in [4.69, 9.17) is 4.74 Å². The fraction of sp³-hybridized carbons (Fsp3) is 1.00. The van der Waals surface area contributed by atoms with E-state index >= 15 is 0 Å². The lowest BCUT2D eigenvalue weighted by Gasteiger charge is -2.25. The fourth-order valence-corrected chi connectivity index (χ4v) is 1.96. The van der Waals surface area contributed by atoms with Crippen LogP contribution in [-0.4, -0.2) is 37.5 Å². The second-order valence-electron chi connectivity index (χ2n) is 4.97. The topological polar surface area (TPSA) is 41.5 Å². The van der Waals surface area contributed by atoms with E-state index in [0.29, 0.717) is 12.0 Å². The summed E-state index contributed by atoms with van der Waals surface area (Å²) in [4.78, 5) is 0. The first-order valence-corrected chi connectivity index (χ1v) is 6.49. The van der Waals surface area contributed by atoms with E-state index < -0.39 is 0 Å². The number of aliphatic hydroxyl groups is 1. The summed E-state index contributed by atoms with van der Waals surface area (Å²) < 4.78 is 5.21. The molecule has 3 nitrogen and oxygen atoms in total. The number of aliphatic hydroxyl groups excluding tert-OH is 1. The third-order valence-electron chi connectivity index (χ3n) is 2.72. The molecule has 0 aliphatic heterocycles. The molecule has 0 saturated carbocycles. The summed E-state index contributed by atoms with van der Waals surface area (Å²) in [5.41, 5.74) is 0. The first-order valence-electron chi connectivity index (χ1n) is 6.49. The van der Waals surface area contributed by atoms with Crippen LogP contribution in [0.1, 0.15) is 46.5 Å². The van der Waals surface area contributed by atoms with Gasteiger partial charge < -0.3 is 15.2 Å². The van der Waals surface area contributed by atoms with Crippen LogP contribution in [0.2, 0.25) is 0 Å². The number of unbranched alkanes of at least 4 members (excludes halogenated alkanes) is 1.